The Balaban J connectivity index is 1.76. The fraction of sp³-hybridized carbons (Fsp3) is 0.435. The van der Waals surface area contributed by atoms with Crippen LogP contribution >= 0.6 is 0 Å². The van der Waals surface area contributed by atoms with Crippen molar-refractivity contribution in [1.29, 1.82) is 0 Å². The van der Waals surface area contributed by atoms with Crippen LogP contribution in [0.2, 0.25) is 0 Å². The summed E-state index contributed by atoms with van der Waals surface area (Å²) in [5, 5.41) is 3.00. The monoisotopic (exact) mass is 431 g/mol. The quantitative estimate of drug-likeness (QED) is 0.731. The van der Waals surface area contributed by atoms with Crippen molar-refractivity contribution in [2.75, 3.05) is 43.9 Å². The number of piperazine rings is 1. The van der Waals surface area contributed by atoms with E-state index >= 15 is 0 Å². The van der Waals surface area contributed by atoms with Gasteiger partial charge in [0.1, 0.15) is 5.82 Å². The fourth-order valence-corrected chi connectivity index (χ4v) is 4.51. The molecule has 2 aromatic rings. The van der Waals surface area contributed by atoms with Crippen LogP contribution in [-0.2, 0) is 16.6 Å². The minimum absolute atomic E-state index is 0.225. The lowest BCUT2D eigenvalue weighted by Crippen LogP contribution is -2.46. The Kier molecular flexibility index (Phi) is 7.61. The molecular formula is C23H30FN3O2S. The minimum atomic E-state index is -0.973. The predicted molar refractivity (Wildman–Crippen MR) is 121 cm³/mol. The second-order valence-corrected chi connectivity index (χ2v) is 9.17. The van der Waals surface area contributed by atoms with E-state index in [2.05, 4.69) is 22.0 Å². The largest absolute Gasteiger partial charge is 0.369 e. The number of amides is 1. The molecule has 1 aliphatic heterocycles. The average Bonchev–Trinajstić information content (AvgIpc) is 2.73. The molecule has 1 heterocycles. The van der Waals surface area contributed by atoms with E-state index in [0.717, 1.165) is 49.5 Å². The van der Waals surface area contributed by atoms with Gasteiger partial charge in [-0.05, 0) is 49.4 Å². The van der Waals surface area contributed by atoms with Gasteiger partial charge in [-0.3, -0.25) is 9.00 Å². The van der Waals surface area contributed by atoms with E-state index in [-0.39, 0.29) is 17.8 Å². The van der Waals surface area contributed by atoms with Gasteiger partial charge in [-0.25, -0.2) is 4.39 Å². The highest BCUT2D eigenvalue weighted by atomic mass is 32.2. The number of nitrogens with zero attached hydrogens (tertiary/aromatic N) is 2. The van der Waals surface area contributed by atoms with Crippen molar-refractivity contribution in [3.8, 4) is 0 Å². The van der Waals surface area contributed by atoms with Gasteiger partial charge in [0.2, 0.25) is 0 Å². The topological polar surface area (TPSA) is 52.6 Å². The van der Waals surface area contributed by atoms with Crippen molar-refractivity contribution < 1.29 is 13.4 Å². The Hall–Kier alpha value is -2.25. The van der Waals surface area contributed by atoms with Gasteiger partial charge in [0.05, 0.1) is 6.04 Å². The van der Waals surface area contributed by atoms with Crippen LogP contribution in [0, 0.1) is 5.82 Å². The van der Waals surface area contributed by atoms with Crippen LogP contribution in [-0.4, -0.2) is 54.0 Å². The molecule has 0 bridgehead atoms. The molecule has 1 saturated heterocycles. The third-order valence-electron chi connectivity index (χ3n) is 5.52. The van der Waals surface area contributed by atoms with Crippen molar-refractivity contribution >= 4 is 22.4 Å². The molecule has 0 spiro atoms. The average molecular weight is 432 g/mol. The molecule has 0 radical (unpaired) electrons. The first-order valence-electron chi connectivity index (χ1n) is 10.3. The lowest BCUT2D eigenvalue weighted by Gasteiger charge is -2.37. The van der Waals surface area contributed by atoms with E-state index in [1.165, 1.54) is 12.1 Å². The molecule has 0 saturated carbocycles. The summed E-state index contributed by atoms with van der Waals surface area (Å²) in [6.45, 7) is 8.76. The summed E-state index contributed by atoms with van der Waals surface area (Å²) in [5.74, 6) is -0.124. The fourth-order valence-electron chi connectivity index (χ4n) is 3.86. The van der Waals surface area contributed by atoms with Crippen molar-refractivity contribution in [3.05, 3.63) is 65.0 Å². The minimum Gasteiger partial charge on any atom is -0.369 e. The van der Waals surface area contributed by atoms with Crippen LogP contribution < -0.4 is 10.2 Å². The summed E-state index contributed by atoms with van der Waals surface area (Å²) in [4.78, 5) is 17.5. The zero-order valence-electron chi connectivity index (χ0n) is 17.9. The summed E-state index contributed by atoms with van der Waals surface area (Å²) < 4.78 is 25.5. The first kappa shape index (κ1) is 22.4. The number of benzene rings is 2. The van der Waals surface area contributed by atoms with Crippen molar-refractivity contribution in [1.82, 2.24) is 10.2 Å². The van der Waals surface area contributed by atoms with E-state index in [0.29, 0.717) is 11.3 Å². The maximum absolute atomic E-state index is 14.1. The van der Waals surface area contributed by atoms with Crippen LogP contribution in [0.3, 0.4) is 0 Å². The molecule has 0 aliphatic carbocycles. The molecule has 30 heavy (non-hydrogen) atoms. The number of halogens is 1. The molecule has 1 N–H and O–H groups in total. The zero-order chi connectivity index (χ0) is 21.7. The Morgan fingerprint density at radius 3 is 2.57 bits per heavy atom. The Morgan fingerprint density at radius 1 is 1.17 bits per heavy atom. The predicted octanol–water partition coefficient (Wildman–Crippen LogP) is 3.34. The normalized spacial score (nSPS) is 16.9. The third-order valence-corrected chi connectivity index (χ3v) is 6.26. The van der Waals surface area contributed by atoms with Gasteiger partial charge in [-0.15, -0.1) is 0 Å². The lowest BCUT2D eigenvalue weighted by atomic mass is 10.0. The van der Waals surface area contributed by atoms with Crippen molar-refractivity contribution in [2.24, 2.45) is 0 Å². The highest BCUT2D eigenvalue weighted by molar-refractivity contribution is 7.83. The summed E-state index contributed by atoms with van der Waals surface area (Å²) in [6, 6.07) is 11.6. The molecule has 0 aromatic heterocycles. The lowest BCUT2D eigenvalue weighted by molar-refractivity contribution is 0.0939. The smallest absolute Gasteiger partial charge is 0.251 e. The van der Waals surface area contributed by atoms with E-state index in [4.69, 9.17) is 0 Å². The number of nitrogens with one attached hydrogen (secondary N) is 1. The summed E-state index contributed by atoms with van der Waals surface area (Å²) >= 11 is 0. The van der Waals surface area contributed by atoms with Gasteiger partial charge in [0, 0.05) is 65.8 Å². The highest BCUT2D eigenvalue weighted by Gasteiger charge is 2.22. The van der Waals surface area contributed by atoms with Crippen LogP contribution in [0.25, 0.3) is 0 Å². The molecule has 1 aliphatic rings. The standard InChI is InChI=1S/C23H30FN3O2S/c1-4-26-10-12-27(13-11-26)22-9-8-20(24)15-21(22)17(2)25-23(28)19-7-5-6-18(14-19)16-30(3)29/h5-9,14-15,17H,4,10-13,16H2,1-3H3,(H,25,28). The Morgan fingerprint density at radius 2 is 1.90 bits per heavy atom. The van der Waals surface area contributed by atoms with Gasteiger partial charge in [-0.2, -0.15) is 0 Å². The number of rotatable bonds is 7. The molecule has 162 valence electrons. The Bertz CT molecular complexity index is 913. The summed E-state index contributed by atoms with van der Waals surface area (Å²) in [5.41, 5.74) is 3.12. The zero-order valence-corrected chi connectivity index (χ0v) is 18.7. The van der Waals surface area contributed by atoms with Gasteiger partial charge in [0.25, 0.3) is 5.91 Å². The maximum atomic E-state index is 14.1. The number of hydrogen-bond acceptors (Lipinski definition) is 4. The van der Waals surface area contributed by atoms with Crippen molar-refractivity contribution in [3.63, 3.8) is 0 Å². The van der Waals surface area contributed by atoms with E-state index < -0.39 is 10.8 Å². The van der Waals surface area contributed by atoms with Crippen LogP contribution in [0.15, 0.2) is 42.5 Å². The molecule has 1 fully saturated rings. The van der Waals surface area contributed by atoms with Gasteiger partial charge in [-0.1, -0.05) is 19.1 Å². The van der Waals surface area contributed by atoms with E-state index in [1.807, 2.05) is 19.1 Å². The first-order chi connectivity index (χ1) is 14.4. The second-order valence-electron chi connectivity index (χ2n) is 7.74. The molecule has 3 rings (SSSR count). The van der Waals surface area contributed by atoms with Gasteiger partial charge in [0.15, 0.2) is 0 Å². The summed E-state index contributed by atoms with van der Waals surface area (Å²) in [6.07, 6.45) is 1.64. The highest BCUT2D eigenvalue weighted by Crippen LogP contribution is 2.28. The molecule has 1 amide bonds. The Labute approximate surface area is 180 Å². The van der Waals surface area contributed by atoms with Gasteiger partial charge >= 0.3 is 0 Å². The van der Waals surface area contributed by atoms with Crippen molar-refractivity contribution in [2.45, 2.75) is 25.6 Å². The molecule has 2 atom stereocenters. The first-order valence-corrected chi connectivity index (χ1v) is 12.1. The molecule has 5 nitrogen and oxygen atoms in total. The summed E-state index contributed by atoms with van der Waals surface area (Å²) in [7, 11) is -0.973. The van der Waals surface area contributed by atoms with E-state index in [1.54, 1.807) is 24.5 Å². The number of carbonyl (C=O) groups is 1. The van der Waals surface area contributed by atoms with Gasteiger partial charge < -0.3 is 15.1 Å². The number of carbonyl (C=O) groups excluding carboxylic acids is 1. The SMILES string of the molecule is CCN1CCN(c2ccc(F)cc2C(C)NC(=O)c2cccc(CS(C)=O)c2)CC1. The number of likely N-dealkylation sites (N-methyl/N-ethyl adjacent to an activating group) is 1. The van der Waals surface area contributed by atoms with Crippen LogP contribution in [0.4, 0.5) is 10.1 Å². The molecule has 2 aromatic carbocycles. The number of anilines is 1. The van der Waals surface area contributed by atoms with E-state index in [9.17, 15) is 13.4 Å². The van der Waals surface area contributed by atoms with Crippen LogP contribution in [0.1, 0.15) is 41.4 Å². The van der Waals surface area contributed by atoms with Crippen LogP contribution in [0.5, 0.6) is 0 Å². The molecular weight excluding hydrogens is 401 g/mol. The second kappa shape index (κ2) is 10.2. The molecule has 2 unspecified atom stereocenters. The maximum Gasteiger partial charge on any atom is 0.251 e. The third kappa shape index (κ3) is 5.67. The molecule has 7 heteroatoms. The number of hydrogen-bond donors (Lipinski definition) is 1.